The monoisotopic (exact) mass is 335 g/mol. The third-order valence-corrected chi connectivity index (χ3v) is 4.70. The second-order valence-corrected chi connectivity index (χ2v) is 6.45. The first-order valence-corrected chi connectivity index (χ1v) is 8.66. The van der Waals surface area contributed by atoms with Crippen LogP contribution in [0.3, 0.4) is 0 Å². The van der Waals surface area contributed by atoms with Crippen molar-refractivity contribution >= 4 is 0 Å². The van der Waals surface area contributed by atoms with Gasteiger partial charge in [-0.05, 0) is 43.7 Å². The highest BCUT2D eigenvalue weighted by atomic mass is 16.1. The predicted octanol–water partition coefficient (Wildman–Crippen LogP) is 2.34. The molecule has 0 amide bonds. The second kappa shape index (κ2) is 7.03. The molecule has 3 heterocycles. The van der Waals surface area contributed by atoms with Crippen LogP contribution in [0.4, 0.5) is 0 Å². The average Bonchev–Trinajstić information content (AvgIpc) is 3.05. The molecule has 0 unspecified atom stereocenters. The molecule has 1 N–H and O–H groups in total. The zero-order valence-electron chi connectivity index (χ0n) is 14.0. The van der Waals surface area contributed by atoms with Crippen LogP contribution in [0.2, 0.25) is 0 Å². The summed E-state index contributed by atoms with van der Waals surface area (Å²) in [4.78, 5) is 19.1. The molecule has 1 saturated heterocycles. The van der Waals surface area contributed by atoms with Gasteiger partial charge in [-0.25, -0.2) is 14.5 Å². The van der Waals surface area contributed by atoms with Gasteiger partial charge in [-0.1, -0.05) is 24.3 Å². The van der Waals surface area contributed by atoms with E-state index < -0.39 is 0 Å². The van der Waals surface area contributed by atoms with Gasteiger partial charge in [-0.2, -0.15) is 5.10 Å². The van der Waals surface area contributed by atoms with Gasteiger partial charge in [0.05, 0.1) is 11.4 Å². The normalized spacial score (nSPS) is 18.3. The minimum Gasteiger partial charge on any atom is -0.297 e. The molecule has 128 valence electrons. The van der Waals surface area contributed by atoms with E-state index >= 15 is 0 Å². The van der Waals surface area contributed by atoms with Gasteiger partial charge in [-0.3, -0.25) is 9.88 Å². The van der Waals surface area contributed by atoms with Gasteiger partial charge in [0, 0.05) is 25.2 Å². The summed E-state index contributed by atoms with van der Waals surface area (Å²) in [7, 11) is 0. The zero-order valence-corrected chi connectivity index (χ0v) is 14.0. The van der Waals surface area contributed by atoms with Gasteiger partial charge in [0.15, 0.2) is 0 Å². The Bertz CT molecular complexity index is 872. The summed E-state index contributed by atoms with van der Waals surface area (Å²) in [5.74, 6) is 1.05. The Kier molecular flexibility index (Phi) is 4.43. The van der Waals surface area contributed by atoms with Crippen molar-refractivity contribution in [1.29, 1.82) is 0 Å². The highest BCUT2D eigenvalue weighted by Gasteiger charge is 2.26. The number of para-hydroxylation sites is 1. The Morgan fingerprint density at radius 1 is 1.12 bits per heavy atom. The number of aromatic nitrogens is 4. The maximum absolute atomic E-state index is 12.3. The maximum Gasteiger partial charge on any atom is 0.347 e. The molecule has 0 spiro atoms. The minimum absolute atomic E-state index is 0.178. The Labute approximate surface area is 146 Å². The van der Waals surface area contributed by atoms with Gasteiger partial charge in [0.1, 0.15) is 5.82 Å². The van der Waals surface area contributed by atoms with E-state index in [9.17, 15) is 4.79 Å². The van der Waals surface area contributed by atoms with Crippen LogP contribution in [0, 0.1) is 0 Å². The lowest BCUT2D eigenvalue weighted by Gasteiger charge is -2.32. The first-order chi connectivity index (χ1) is 12.3. The Hall–Kier alpha value is -2.73. The van der Waals surface area contributed by atoms with Gasteiger partial charge in [0.25, 0.3) is 0 Å². The quantitative estimate of drug-likeness (QED) is 0.795. The van der Waals surface area contributed by atoms with Crippen molar-refractivity contribution in [1.82, 2.24) is 24.6 Å². The summed E-state index contributed by atoms with van der Waals surface area (Å²) in [6.45, 7) is 2.76. The third-order valence-electron chi connectivity index (χ3n) is 4.70. The number of nitrogens with one attached hydrogen (secondary N) is 1. The third kappa shape index (κ3) is 3.39. The molecular formula is C19H21N5O. The van der Waals surface area contributed by atoms with Crippen molar-refractivity contribution in [2.75, 3.05) is 13.1 Å². The molecule has 0 radical (unpaired) electrons. The Morgan fingerprint density at radius 2 is 1.96 bits per heavy atom. The van der Waals surface area contributed by atoms with Crippen LogP contribution in [0.25, 0.3) is 5.69 Å². The first-order valence-electron chi connectivity index (χ1n) is 8.66. The van der Waals surface area contributed by atoms with Crippen LogP contribution < -0.4 is 5.69 Å². The van der Waals surface area contributed by atoms with Crippen molar-refractivity contribution in [3.05, 3.63) is 76.7 Å². The molecule has 1 fully saturated rings. The maximum atomic E-state index is 12.3. The summed E-state index contributed by atoms with van der Waals surface area (Å²) in [6, 6.07) is 15.7. The van der Waals surface area contributed by atoms with E-state index in [1.165, 1.54) is 0 Å². The average molecular weight is 335 g/mol. The number of likely N-dealkylation sites (tertiary alicyclic amines) is 1. The van der Waals surface area contributed by atoms with Crippen molar-refractivity contribution in [3.63, 3.8) is 0 Å². The number of rotatable bonds is 4. The van der Waals surface area contributed by atoms with Crippen LogP contribution in [-0.4, -0.2) is 37.7 Å². The van der Waals surface area contributed by atoms with Crippen LogP contribution in [0.15, 0.2) is 59.5 Å². The molecule has 6 nitrogen and oxygen atoms in total. The highest BCUT2D eigenvalue weighted by molar-refractivity contribution is 5.32. The number of aromatic amines is 1. The molecule has 1 aromatic carbocycles. The van der Waals surface area contributed by atoms with E-state index in [0.29, 0.717) is 0 Å². The minimum atomic E-state index is -0.178. The fourth-order valence-electron chi connectivity index (χ4n) is 3.54. The molecule has 2 aromatic heterocycles. The molecule has 3 aromatic rings. The Morgan fingerprint density at radius 3 is 2.76 bits per heavy atom. The molecular weight excluding hydrogens is 314 g/mol. The highest BCUT2D eigenvalue weighted by Crippen LogP contribution is 2.26. The van der Waals surface area contributed by atoms with Crippen LogP contribution >= 0.6 is 0 Å². The van der Waals surface area contributed by atoms with Crippen molar-refractivity contribution in [3.8, 4) is 5.69 Å². The van der Waals surface area contributed by atoms with Crippen LogP contribution in [-0.2, 0) is 6.54 Å². The number of piperidine rings is 1. The first kappa shape index (κ1) is 15.8. The second-order valence-electron chi connectivity index (χ2n) is 6.45. The van der Waals surface area contributed by atoms with E-state index in [0.717, 1.165) is 49.7 Å². The summed E-state index contributed by atoms with van der Waals surface area (Å²) in [5, 5.41) is 6.96. The number of H-pyrrole nitrogens is 1. The standard InChI is InChI=1S/C19H21N5O/c25-19-22-21-18(24(19)17-9-2-1-3-10-17)15-7-6-12-23(13-15)14-16-8-4-5-11-20-16/h1-5,8-11,15H,6-7,12-14H2,(H,22,25)/t15-/m1/s1. The van der Waals surface area contributed by atoms with E-state index in [1.54, 1.807) is 4.57 Å². The van der Waals surface area contributed by atoms with E-state index in [2.05, 4.69) is 26.1 Å². The lowest BCUT2D eigenvalue weighted by atomic mass is 9.97. The zero-order chi connectivity index (χ0) is 17.1. The summed E-state index contributed by atoms with van der Waals surface area (Å²) < 4.78 is 1.70. The van der Waals surface area contributed by atoms with Crippen molar-refractivity contribution < 1.29 is 0 Å². The van der Waals surface area contributed by atoms with Gasteiger partial charge >= 0.3 is 5.69 Å². The predicted molar refractivity (Wildman–Crippen MR) is 95.7 cm³/mol. The number of hydrogen-bond donors (Lipinski definition) is 1. The lowest BCUT2D eigenvalue weighted by Crippen LogP contribution is -2.35. The number of benzene rings is 1. The lowest BCUT2D eigenvalue weighted by molar-refractivity contribution is 0.193. The molecule has 1 aliphatic heterocycles. The summed E-state index contributed by atoms with van der Waals surface area (Å²) in [5.41, 5.74) is 1.76. The molecule has 0 bridgehead atoms. The van der Waals surface area contributed by atoms with Crippen LogP contribution in [0.1, 0.15) is 30.3 Å². The van der Waals surface area contributed by atoms with E-state index in [1.807, 2.05) is 48.7 Å². The molecule has 0 aliphatic carbocycles. The number of hydrogen-bond acceptors (Lipinski definition) is 4. The Balaban J connectivity index is 1.57. The van der Waals surface area contributed by atoms with Gasteiger partial charge in [-0.15, -0.1) is 0 Å². The van der Waals surface area contributed by atoms with E-state index in [4.69, 9.17) is 0 Å². The summed E-state index contributed by atoms with van der Waals surface area (Å²) >= 11 is 0. The van der Waals surface area contributed by atoms with Gasteiger partial charge in [0.2, 0.25) is 0 Å². The fraction of sp³-hybridized carbons (Fsp3) is 0.316. The largest absolute Gasteiger partial charge is 0.347 e. The topological polar surface area (TPSA) is 66.8 Å². The molecule has 6 heteroatoms. The number of pyridine rings is 1. The van der Waals surface area contributed by atoms with Gasteiger partial charge < -0.3 is 0 Å². The fourth-order valence-corrected chi connectivity index (χ4v) is 3.54. The van der Waals surface area contributed by atoms with Crippen molar-refractivity contribution in [2.24, 2.45) is 0 Å². The summed E-state index contributed by atoms with van der Waals surface area (Å²) in [6.07, 6.45) is 3.96. The molecule has 1 atom stereocenters. The van der Waals surface area contributed by atoms with Crippen LogP contribution in [0.5, 0.6) is 0 Å². The van der Waals surface area contributed by atoms with Crippen molar-refractivity contribution in [2.45, 2.75) is 25.3 Å². The molecule has 0 saturated carbocycles. The number of nitrogens with zero attached hydrogens (tertiary/aromatic N) is 4. The molecule has 1 aliphatic rings. The smallest absolute Gasteiger partial charge is 0.297 e. The SMILES string of the molecule is O=c1[nH]nc([C@@H]2CCCN(Cc3ccccn3)C2)n1-c1ccccc1. The van der Waals surface area contributed by atoms with E-state index in [-0.39, 0.29) is 11.6 Å². The molecule has 4 rings (SSSR count). The molecule has 25 heavy (non-hydrogen) atoms.